The summed E-state index contributed by atoms with van der Waals surface area (Å²) in [4.78, 5) is 29.0. The van der Waals surface area contributed by atoms with Gasteiger partial charge in [0, 0.05) is 31.2 Å². The van der Waals surface area contributed by atoms with Crippen molar-refractivity contribution in [3.8, 4) is 11.3 Å². The van der Waals surface area contributed by atoms with Gasteiger partial charge in [0.25, 0.3) is 5.56 Å². The number of aromatic amines is 1. The maximum Gasteiger partial charge on any atom is 0.341 e. The molecular weight excluding hydrogens is 394 g/mol. The molecule has 164 valence electrons. The number of carbonyl (C=O) groups is 1. The molecule has 1 aliphatic heterocycles. The van der Waals surface area contributed by atoms with Crippen LogP contribution < -0.4 is 10.5 Å². The van der Waals surface area contributed by atoms with Crippen LogP contribution in [0.15, 0.2) is 29.1 Å². The Bertz CT molecular complexity index is 1210. The zero-order valence-corrected chi connectivity index (χ0v) is 18.7. The molecule has 7 heteroatoms. The van der Waals surface area contributed by atoms with E-state index >= 15 is 0 Å². The summed E-state index contributed by atoms with van der Waals surface area (Å²) >= 11 is 0. The van der Waals surface area contributed by atoms with E-state index in [2.05, 4.69) is 54.4 Å². The molecule has 4 rings (SSSR count). The fraction of sp³-hybridized carbons (Fsp3) is 0.417. The zero-order valence-electron chi connectivity index (χ0n) is 18.7. The van der Waals surface area contributed by atoms with Crippen LogP contribution in [0.2, 0.25) is 0 Å². The molecule has 3 heterocycles. The van der Waals surface area contributed by atoms with Crippen LogP contribution in [-0.2, 0) is 18.2 Å². The number of nitrogens with zero attached hydrogens (tertiary/aromatic N) is 2. The van der Waals surface area contributed by atoms with Crippen LogP contribution in [0.5, 0.6) is 0 Å². The van der Waals surface area contributed by atoms with E-state index in [1.54, 1.807) is 0 Å². The molecule has 1 aromatic carbocycles. The van der Waals surface area contributed by atoms with Gasteiger partial charge in [-0.1, -0.05) is 13.0 Å². The van der Waals surface area contributed by atoms with Crippen molar-refractivity contribution in [1.82, 2.24) is 9.55 Å². The Hall–Kier alpha value is -3.06. The van der Waals surface area contributed by atoms with E-state index in [4.69, 9.17) is 4.74 Å². The first-order chi connectivity index (χ1) is 14.7. The number of hydrogen-bond donors (Lipinski definition) is 2. The summed E-state index contributed by atoms with van der Waals surface area (Å²) < 4.78 is 8.12. The lowest BCUT2D eigenvalue weighted by molar-refractivity contribution is -0.00517. The van der Waals surface area contributed by atoms with Crippen LogP contribution in [-0.4, -0.2) is 45.9 Å². The molecule has 1 aliphatic rings. The maximum atomic E-state index is 12.4. The minimum absolute atomic E-state index is 0.146. The van der Waals surface area contributed by atoms with E-state index in [1.807, 2.05) is 13.0 Å². The zero-order chi connectivity index (χ0) is 22.4. The average molecular weight is 424 g/mol. The lowest BCUT2D eigenvalue weighted by atomic mass is 10.0. The lowest BCUT2D eigenvalue weighted by Gasteiger charge is -2.37. The highest BCUT2D eigenvalue weighted by Gasteiger charge is 2.27. The molecular formula is C24H29N3O4. The minimum Gasteiger partial charge on any atom is -0.477 e. The first-order valence-corrected chi connectivity index (χ1v) is 10.7. The second kappa shape index (κ2) is 7.89. The number of ether oxygens (including phenoxy) is 1. The van der Waals surface area contributed by atoms with Gasteiger partial charge in [-0.2, -0.15) is 0 Å². The second-order valence-corrected chi connectivity index (χ2v) is 8.46. The lowest BCUT2D eigenvalue weighted by Crippen LogP contribution is -2.45. The van der Waals surface area contributed by atoms with Gasteiger partial charge in [0.05, 0.1) is 29.1 Å². The van der Waals surface area contributed by atoms with E-state index in [1.165, 1.54) is 17.4 Å². The third-order valence-corrected chi connectivity index (χ3v) is 6.22. The fourth-order valence-corrected chi connectivity index (χ4v) is 4.74. The topological polar surface area (TPSA) is 87.6 Å². The third-order valence-electron chi connectivity index (χ3n) is 6.22. The molecule has 2 unspecified atom stereocenters. The molecule has 0 spiro atoms. The predicted molar refractivity (Wildman–Crippen MR) is 122 cm³/mol. The van der Waals surface area contributed by atoms with Crippen molar-refractivity contribution in [3.63, 3.8) is 0 Å². The number of carboxylic acid groups (broad SMARTS) is 1. The summed E-state index contributed by atoms with van der Waals surface area (Å²) in [6.07, 6.45) is 0.908. The largest absolute Gasteiger partial charge is 0.477 e. The monoisotopic (exact) mass is 423 g/mol. The van der Waals surface area contributed by atoms with E-state index in [9.17, 15) is 14.7 Å². The molecule has 7 nitrogen and oxygen atoms in total. The van der Waals surface area contributed by atoms with Crippen LogP contribution in [0.4, 0.5) is 5.69 Å². The first kappa shape index (κ1) is 21.2. The number of anilines is 1. The summed E-state index contributed by atoms with van der Waals surface area (Å²) in [5.41, 5.74) is 5.03. The predicted octanol–water partition coefficient (Wildman–Crippen LogP) is 3.72. The quantitative estimate of drug-likeness (QED) is 0.668. The normalized spacial score (nSPS) is 19.2. The third kappa shape index (κ3) is 3.63. The summed E-state index contributed by atoms with van der Waals surface area (Å²) in [7, 11) is 2.06. The number of carboxylic acids is 1. The fourth-order valence-electron chi connectivity index (χ4n) is 4.74. The van der Waals surface area contributed by atoms with Gasteiger partial charge in [-0.05, 0) is 56.5 Å². The van der Waals surface area contributed by atoms with Crippen molar-refractivity contribution in [1.29, 1.82) is 0 Å². The Morgan fingerprint density at radius 2 is 1.90 bits per heavy atom. The van der Waals surface area contributed by atoms with Crippen molar-refractivity contribution in [3.05, 3.63) is 51.4 Å². The number of pyridine rings is 1. The van der Waals surface area contributed by atoms with E-state index in [-0.39, 0.29) is 17.8 Å². The van der Waals surface area contributed by atoms with E-state index < -0.39 is 11.5 Å². The molecule has 0 aliphatic carbocycles. The number of hydrogen-bond acceptors (Lipinski definition) is 4. The van der Waals surface area contributed by atoms with E-state index in [0.717, 1.165) is 35.1 Å². The number of H-pyrrole nitrogens is 1. The summed E-state index contributed by atoms with van der Waals surface area (Å²) in [6, 6.07) is 7.65. The molecule has 2 aromatic heterocycles. The number of benzene rings is 1. The molecule has 0 amide bonds. The van der Waals surface area contributed by atoms with Gasteiger partial charge in [-0.3, -0.25) is 4.79 Å². The van der Waals surface area contributed by atoms with Crippen LogP contribution >= 0.6 is 0 Å². The number of aromatic nitrogens is 2. The van der Waals surface area contributed by atoms with Crippen molar-refractivity contribution in [2.75, 3.05) is 18.0 Å². The van der Waals surface area contributed by atoms with Crippen LogP contribution in [0, 0.1) is 6.92 Å². The number of aryl methyl sites for hydroxylation is 2. The molecule has 0 radical (unpaired) electrons. The highest BCUT2D eigenvalue weighted by atomic mass is 16.5. The van der Waals surface area contributed by atoms with Crippen molar-refractivity contribution >= 4 is 22.6 Å². The number of aromatic carboxylic acids is 1. The Morgan fingerprint density at radius 1 is 1.23 bits per heavy atom. The van der Waals surface area contributed by atoms with Crippen molar-refractivity contribution < 1.29 is 14.6 Å². The van der Waals surface area contributed by atoms with Gasteiger partial charge < -0.3 is 24.3 Å². The Balaban J connectivity index is 1.90. The van der Waals surface area contributed by atoms with Crippen LogP contribution in [0.1, 0.15) is 42.4 Å². The Kier molecular flexibility index (Phi) is 5.39. The van der Waals surface area contributed by atoms with Crippen LogP contribution in [0.3, 0.4) is 0 Å². The molecule has 0 bridgehead atoms. The van der Waals surface area contributed by atoms with E-state index in [0.29, 0.717) is 12.1 Å². The van der Waals surface area contributed by atoms with Crippen molar-refractivity contribution in [2.45, 2.75) is 46.3 Å². The van der Waals surface area contributed by atoms with Crippen molar-refractivity contribution in [2.24, 2.45) is 7.05 Å². The molecule has 1 fully saturated rings. The minimum atomic E-state index is -1.21. The number of nitrogens with one attached hydrogen (secondary N) is 1. The SMILES string of the molecule is CCc1cc(C(=O)O)c(=O)[nH]c1-c1ccc2c(c1)c(N1CC(C)OC(C)C1)c(C)n2C. The highest BCUT2D eigenvalue weighted by molar-refractivity contribution is 5.98. The summed E-state index contributed by atoms with van der Waals surface area (Å²) in [6.45, 7) is 9.90. The second-order valence-electron chi connectivity index (χ2n) is 8.46. The molecule has 2 N–H and O–H groups in total. The number of morpholine rings is 1. The van der Waals surface area contributed by atoms with Gasteiger partial charge in [-0.15, -0.1) is 0 Å². The summed E-state index contributed by atoms with van der Waals surface area (Å²) in [5.74, 6) is -1.21. The molecule has 1 saturated heterocycles. The Labute approximate surface area is 181 Å². The smallest absolute Gasteiger partial charge is 0.341 e. The van der Waals surface area contributed by atoms with Gasteiger partial charge in [0.2, 0.25) is 0 Å². The van der Waals surface area contributed by atoms with Gasteiger partial charge in [-0.25, -0.2) is 4.79 Å². The molecule has 3 aromatic rings. The van der Waals surface area contributed by atoms with Crippen LogP contribution in [0.25, 0.3) is 22.2 Å². The van der Waals surface area contributed by atoms with Gasteiger partial charge in [0.1, 0.15) is 5.56 Å². The highest BCUT2D eigenvalue weighted by Crippen LogP contribution is 2.37. The number of fused-ring (bicyclic) bond motifs is 1. The standard InChI is InChI=1S/C24H29N3O4/c1-6-16-9-19(24(29)30)23(28)25-21(16)17-7-8-20-18(10-17)22(15(4)26(20)5)27-11-13(2)31-14(3)12-27/h7-10,13-14H,6,11-12H2,1-5H3,(H,25,28)(H,29,30). The molecule has 0 saturated carbocycles. The summed E-state index contributed by atoms with van der Waals surface area (Å²) in [5, 5.41) is 10.4. The van der Waals surface area contributed by atoms with Gasteiger partial charge >= 0.3 is 5.97 Å². The average Bonchev–Trinajstić information content (AvgIpc) is 2.96. The molecule has 31 heavy (non-hydrogen) atoms. The molecule has 2 atom stereocenters. The maximum absolute atomic E-state index is 12.4. The Morgan fingerprint density at radius 3 is 2.52 bits per heavy atom. The van der Waals surface area contributed by atoms with Gasteiger partial charge in [0.15, 0.2) is 0 Å². The first-order valence-electron chi connectivity index (χ1n) is 10.7. The number of rotatable bonds is 4.